The molecule has 0 saturated carbocycles. The van der Waals surface area contributed by atoms with Crippen LogP contribution >= 0.6 is 23.2 Å². The van der Waals surface area contributed by atoms with Crippen LogP contribution in [0.4, 0.5) is 0 Å². The normalized spacial score (nSPS) is 14.3. The molecule has 0 atom stereocenters. The molecule has 0 radical (unpaired) electrons. The molecule has 1 aromatic heterocycles. The van der Waals surface area contributed by atoms with Crippen LogP contribution in [0.3, 0.4) is 0 Å². The van der Waals surface area contributed by atoms with Crippen LogP contribution in [0.25, 0.3) is 11.3 Å². The highest BCUT2D eigenvalue weighted by Crippen LogP contribution is 2.31. The van der Waals surface area contributed by atoms with E-state index in [1.807, 2.05) is 19.1 Å². The van der Waals surface area contributed by atoms with Crippen LogP contribution in [-0.2, 0) is 13.0 Å². The number of aryl methyl sites for hydroxylation is 1. The molecule has 0 amide bonds. The Labute approximate surface area is 122 Å². The maximum Gasteiger partial charge on any atom is 0.126 e. The first kappa shape index (κ1) is 12.9. The summed E-state index contributed by atoms with van der Waals surface area (Å²) in [5.74, 6) is 0.793. The van der Waals surface area contributed by atoms with Gasteiger partial charge in [0.1, 0.15) is 5.82 Å². The Kier molecular flexibility index (Phi) is 3.44. The fourth-order valence-corrected chi connectivity index (χ4v) is 2.65. The third kappa shape index (κ3) is 2.46. The molecular weight excluding hydrogens is 281 g/mol. The minimum Gasteiger partial charge on any atom is -0.312 e. The fourth-order valence-electron chi connectivity index (χ4n) is 2.35. The van der Waals surface area contributed by atoms with Gasteiger partial charge in [-0.1, -0.05) is 29.3 Å². The standard InChI is InChI=1S/C14H13Cl2N3/c1-8-18-13-4-5-17-7-10(13)14(19-8)9-2-3-11(15)12(16)6-9/h2-3,6,17H,4-5,7H2,1H3. The van der Waals surface area contributed by atoms with Crippen molar-refractivity contribution in [2.75, 3.05) is 6.54 Å². The molecule has 0 spiro atoms. The Balaban J connectivity index is 2.18. The van der Waals surface area contributed by atoms with E-state index in [9.17, 15) is 0 Å². The van der Waals surface area contributed by atoms with Gasteiger partial charge in [0.2, 0.25) is 0 Å². The van der Waals surface area contributed by atoms with Crippen LogP contribution in [0.2, 0.25) is 10.0 Å². The molecule has 19 heavy (non-hydrogen) atoms. The Hall–Kier alpha value is -1.16. The van der Waals surface area contributed by atoms with Gasteiger partial charge in [-0.15, -0.1) is 0 Å². The van der Waals surface area contributed by atoms with Crippen molar-refractivity contribution in [3.05, 3.63) is 45.3 Å². The van der Waals surface area contributed by atoms with Gasteiger partial charge < -0.3 is 5.32 Å². The van der Waals surface area contributed by atoms with E-state index in [4.69, 9.17) is 23.2 Å². The highest BCUT2D eigenvalue weighted by Gasteiger charge is 2.18. The van der Waals surface area contributed by atoms with Gasteiger partial charge in [-0.05, 0) is 19.1 Å². The summed E-state index contributed by atoms with van der Waals surface area (Å²) in [6.45, 7) is 3.68. The van der Waals surface area contributed by atoms with Gasteiger partial charge in [0.05, 0.1) is 21.4 Å². The molecule has 2 aromatic rings. The summed E-state index contributed by atoms with van der Waals surface area (Å²) >= 11 is 12.1. The van der Waals surface area contributed by atoms with Crippen molar-refractivity contribution in [1.29, 1.82) is 0 Å². The topological polar surface area (TPSA) is 37.8 Å². The second kappa shape index (κ2) is 5.08. The van der Waals surface area contributed by atoms with Crippen LogP contribution in [0.1, 0.15) is 17.1 Å². The van der Waals surface area contributed by atoms with Gasteiger partial charge >= 0.3 is 0 Å². The van der Waals surface area contributed by atoms with Gasteiger partial charge in [-0.2, -0.15) is 0 Å². The predicted octanol–water partition coefficient (Wildman–Crippen LogP) is 3.40. The summed E-state index contributed by atoms with van der Waals surface area (Å²) in [7, 11) is 0. The van der Waals surface area contributed by atoms with E-state index in [1.54, 1.807) is 6.07 Å². The molecular formula is C14H13Cl2N3. The first-order valence-corrected chi connectivity index (χ1v) is 6.93. The lowest BCUT2D eigenvalue weighted by atomic mass is 10.0. The predicted molar refractivity (Wildman–Crippen MR) is 77.6 cm³/mol. The van der Waals surface area contributed by atoms with Gasteiger partial charge in [-0.3, -0.25) is 0 Å². The number of halogens is 2. The van der Waals surface area contributed by atoms with Crippen LogP contribution in [0.5, 0.6) is 0 Å². The highest BCUT2D eigenvalue weighted by atomic mass is 35.5. The summed E-state index contributed by atoms with van der Waals surface area (Å²) in [6.07, 6.45) is 0.938. The first-order chi connectivity index (χ1) is 9.15. The molecule has 5 heteroatoms. The second-order valence-electron chi connectivity index (χ2n) is 4.60. The number of benzene rings is 1. The average molecular weight is 294 g/mol. The number of hydrogen-bond acceptors (Lipinski definition) is 3. The maximum absolute atomic E-state index is 6.10. The van der Waals surface area contributed by atoms with Crippen molar-refractivity contribution in [3.8, 4) is 11.3 Å². The number of nitrogens with one attached hydrogen (secondary N) is 1. The summed E-state index contributed by atoms with van der Waals surface area (Å²) < 4.78 is 0. The molecule has 0 aliphatic carbocycles. The molecule has 3 nitrogen and oxygen atoms in total. The SMILES string of the molecule is Cc1nc2c(c(-c3ccc(Cl)c(Cl)c3)n1)CNCC2. The van der Waals surface area contributed by atoms with E-state index in [2.05, 4.69) is 15.3 Å². The smallest absolute Gasteiger partial charge is 0.126 e. The van der Waals surface area contributed by atoms with E-state index in [-0.39, 0.29) is 0 Å². The summed E-state index contributed by atoms with van der Waals surface area (Å²) in [6, 6.07) is 5.62. The van der Waals surface area contributed by atoms with E-state index in [0.29, 0.717) is 10.0 Å². The molecule has 0 saturated heterocycles. The number of nitrogens with zero attached hydrogens (tertiary/aromatic N) is 2. The zero-order chi connectivity index (χ0) is 13.4. The quantitative estimate of drug-likeness (QED) is 0.876. The van der Waals surface area contributed by atoms with Crippen LogP contribution in [0.15, 0.2) is 18.2 Å². The Bertz CT molecular complexity index is 641. The van der Waals surface area contributed by atoms with Crippen molar-refractivity contribution in [3.63, 3.8) is 0 Å². The van der Waals surface area contributed by atoms with Crippen molar-refractivity contribution < 1.29 is 0 Å². The van der Waals surface area contributed by atoms with Crippen LogP contribution < -0.4 is 5.32 Å². The van der Waals surface area contributed by atoms with Gasteiger partial charge in [0, 0.05) is 30.6 Å². The lowest BCUT2D eigenvalue weighted by Gasteiger charge is -2.19. The van der Waals surface area contributed by atoms with Gasteiger partial charge in [0.25, 0.3) is 0 Å². The van der Waals surface area contributed by atoms with E-state index >= 15 is 0 Å². The van der Waals surface area contributed by atoms with Crippen molar-refractivity contribution in [2.24, 2.45) is 0 Å². The van der Waals surface area contributed by atoms with Crippen molar-refractivity contribution in [1.82, 2.24) is 15.3 Å². The van der Waals surface area contributed by atoms with Crippen molar-refractivity contribution >= 4 is 23.2 Å². The molecule has 0 unspecified atom stereocenters. The third-order valence-electron chi connectivity index (χ3n) is 3.24. The molecule has 1 aliphatic rings. The molecule has 1 aromatic carbocycles. The lowest BCUT2D eigenvalue weighted by molar-refractivity contribution is 0.624. The Morgan fingerprint density at radius 1 is 1.16 bits per heavy atom. The minimum absolute atomic E-state index is 0.549. The zero-order valence-corrected chi connectivity index (χ0v) is 12.0. The van der Waals surface area contributed by atoms with Gasteiger partial charge in [-0.25, -0.2) is 9.97 Å². The molecule has 2 heterocycles. The molecule has 3 rings (SSSR count). The van der Waals surface area contributed by atoms with Gasteiger partial charge in [0.15, 0.2) is 0 Å². The van der Waals surface area contributed by atoms with E-state index < -0.39 is 0 Å². The number of hydrogen-bond donors (Lipinski definition) is 1. The van der Waals surface area contributed by atoms with Crippen LogP contribution in [0, 0.1) is 6.92 Å². The van der Waals surface area contributed by atoms with Crippen LogP contribution in [-0.4, -0.2) is 16.5 Å². The number of rotatable bonds is 1. The summed E-state index contributed by atoms with van der Waals surface area (Å²) in [5, 5.41) is 4.47. The summed E-state index contributed by atoms with van der Waals surface area (Å²) in [5.41, 5.74) is 4.23. The third-order valence-corrected chi connectivity index (χ3v) is 3.98. The summed E-state index contributed by atoms with van der Waals surface area (Å²) in [4.78, 5) is 9.10. The zero-order valence-electron chi connectivity index (χ0n) is 10.5. The molecule has 98 valence electrons. The lowest BCUT2D eigenvalue weighted by Crippen LogP contribution is -2.26. The minimum atomic E-state index is 0.549. The average Bonchev–Trinajstić information content (AvgIpc) is 2.41. The Morgan fingerprint density at radius 2 is 2.00 bits per heavy atom. The largest absolute Gasteiger partial charge is 0.312 e. The van der Waals surface area contributed by atoms with E-state index in [1.165, 1.54) is 0 Å². The Morgan fingerprint density at radius 3 is 2.79 bits per heavy atom. The van der Waals surface area contributed by atoms with Crippen molar-refractivity contribution in [2.45, 2.75) is 19.9 Å². The molecule has 0 fully saturated rings. The fraction of sp³-hybridized carbons (Fsp3) is 0.286. The first-order valence-electron chi connectivity index (χ1n) is 6.17. The highest BCUT2D eigenvalue weighted by molar-refractivity contribution is 6.42. The monoisotopic (exact) mass is 293 g/mol. The maximum atomic E-state index is 6.10. The molecule has 1 N–H and O–H groups in total. The second-order valence-corrected chi connectivity index (χ2v) is 5.41. The number of fused-ring (bicyclic) bond motifs is 1. The molecule has 1 aliphatic heterocycles. The number of aromatic nitrogens is 2. The molecule has 0 bridgehead atoms. The van der Waals surface area contributed by atoms with E-state index in [0.717, 1.165) is 47.8 Å².